The van der Waals surface area contributed by atoms with Crippen LogP contribution in [0.15, 0.2) is 71.2 Å². The molecule has 0 bridgehead atoms. The lowest BCUT2D eigenvalue weighted by molar-refractivity contribution is -0.124. The lowest BCUT2D eigenvalue weighted by Crippen LogP contribution is -2.52. The Hall–Kier alpha value is -3.44. The molecule has 35 heavy (non-hydrogen) atoms. The second-order valence-electron chi connectivity index (χ2n) is 8.52. The molecule has 0 saturated carbocycles. The van der Waals surface area contributed by atoms with Crippen LogP contribution in [0.1, 0.15) is 13.0 Å². The van der Waals surface area contributed by atoms with E-state index in [4.69, 9.17) is 0 Å². The fourth-order valence-electron chi connectivity index (χ4n) is 4.20. The average molecular weight is 514 g/mol. The highest BCUT2D eigenvalue weighted by molar-refractivity contribution is 7.93. The summed E-state index contributed by atoms with van der Waals surface area (Å²) in [5.41, 5.74) is 1.62. The van der Waals surface area contributed by atoms with Gasteiger partial charge in [-0.3, -0.25) is 9.52 Å². The molecular weight excluding hydrogens is 489 g/mol. The molecule has 1 saturated heterocycles. The molecule has 0 aliphatic carbocycles. The number of rotatable bonds is 8. The highest BCUT2D eigenvalue weighted by atomic mass is 32.2. The lowest BCUT2D eigenvalue weighted by atomic mass is 9.99. The number of amides is 1. The van der Waals surface area contributed by atoms with Crippen molar-refractivity contribution in [3.8, 4) is 0 Å². The molecule has 0 spiro atoms. The molecule has 1 amide bonds. The Labute approximate surface area is 206 Å². The van der Waals surface area contributed by atoms with Crippen molar-refractivity contribution in [2.45, 2.75) is 17.9 Å². The monoisotopic (exact) mass is 513 g/mol. The minimum absolute atomic E-state index is 0.118. The number of nitrogens with zero attached hydrogens (tertiary/aromatic N) is 3. The summed E-state index contributed by atoms with van der Waals surface area (Å²) in [5, 5.41) is 5.53. The summed E-state index contributed by atoms with van der Waals surface area (Å²) < 4.78 is 43.1. The first-order valence-corrected chi connectivity index (χ1v) is 13.5. The minimum Gasteiger partial charge on any atom is -0.371 e. The minimum atomic E-state index is -3.68. The zero-order valence-corrected chi connectivity index (χ0v) is 20.5. The molecule has 11 heteroatoms. The number of halogens is 1. The van der Waals surface area contributed by atoms with Gasteiger partial charge in [-0.25, -0.2) is 17.8 Å². The van der Waals surface area contributed by atoms with Crippen LogP contribution in [0, 0.1) is 11.7 Å². The maximum atomic E-state index is 14.0. The smallest absolute Gasteiger partial charge is 0.263 e. The topological polar surface area (TPSA) is 96.3 Å². The van der Waals surface area contributed by atoms with Crippen LogP contribution < -0.4 is 14.9 Å². The Bertz CT molecular complexity index is 1450. The van der Waals surface area contributed by atoms with Crippen molar-refractivity contribution < 1.29 is 17.6 Å². The number of hydrogen-bond acceptors (Lipinski definition) is 6. The van der Waals surface area contributed by atoms with Crippen LogP contribution in [0.4, 0.5) is 15.2 Å². The van der Waals surface area contributed by atoms with E-state index in [1.807, 2.05) is 0 Å². The Morgan fingerprint density at radius 3 is 2.69 bits per heavy atom. The Morgan fingerprint density at radius 1 is 1.20 bits per heavy atom. The molecule has 4 aromatic rings. The number of hydrogen-bond donors (Lipinski definition) is 2. The lowest BCUT2D eigenvalue weighted by Gasteiger charge is -2.41. The Kier molecular flexibility index (Phi) is 6.20. The first-order valence-electron chi connectivity index (χ1n) is 11.1. The van der Waals surface area contributed by atoms with Gasteiger partial charge < -0.3 is 14.8 Å². The van der Waals surface area contributed by atoms with Crippen LogP contribution in [-0.4, -0.2) is 43.5 Å². The number of carbonyl (C=O) groups excluding carboxylic acids is 1. The van der Waals surface area contributed by atoms with Gasteiger partial charge >= 0.3 is 0 Å². The summed E-state index contributed by atoms with van der Waals surface area (Å²) in [5.74, 6) is -0.127. The predicted molar refractivity (Wildman–Crippen MR) is 135 cm³/mol. The van der Waals surface area contributed by atoms with E-state index in [1.54, 1.807) is 71.7 Å². The normalized spacial score (nSPS) is 15.1. The highest BCUT2D eigenvalue weighted by Crippen LogP contribution is 2.27. The van der Waals surface area contributed by atoms with Gasteiger partial charge in [0.25, 0.3) is 10.0 Å². The SMILES string of the molecule is C[C@@H](C(=O)NCC1CN(c2ccc(S(=O)(=O)Nc3nccs3)cc2)C1)n1ccc2c(F)cccc21. The van der Waals surface area contributed by atoms with E-state index in [0.717, 1.165) is 18.8 Å². The summed E-state index contributed by atoms with van der Waals surface area (Å²) in [6, 6.07) is 12.8. The summed E-state index contributed by atoms with van der Waals surface area (Å²) in [6.45, 7) is 3.86. The molecule has 1 aliphatic rings. The third-order valence-corrected chi connectivity index (χ3v) is 8.37. The number of sulfonamides is 1. The van der Waals surface area contributed by atoms with E-state index in [9.17, 15) is 17.6 Å². The zero-order chi connectivity index (χ0) is 24.6. The molecule has 182 valence electrons. The van der Waals surface area contributed by atoms with Gasteiger partial charge in [0, 0.05) is 54.4 Å². The van der Waals surface area contributed by atoms with E-state index in [0.29, 0.717) is 28.5 Å². The number of carbonyl (C=O) groups is 1. The van der Waals surface area contributed by atoms with Crippen molar-refractivity contribution in [1.82, 2.24) is 14.9 Å². The third kappa shape index (κ3) is 4.73. The van der Waals surface area contributed by atoms with Crippen molar-refractivity contribution in [2.24, 2.45) is 5.92 Å². The Morgan fingerprint density at radius 2 is 1.97 bits per heavy atom. The van der Waals surface area contributed by atoms with Crippen LogP contribution in [0.3, 0.4) is 0 Å². The van der Waals surface area contributed by atoms with Crippen molar-refractivity contribution in [1.29, 1.82) is 0 Å². The standard InChI is InChI=1S/C24H24FN5O3S2/c1-16(30-11-9-20-21(25)3-2-4-22(20)30)23(31)27-13-17-14-29(15-17)18-5-7-19(8-6-18)35(32,33)28-24-26-10-12-34-24/h2-12,16-17H,13-15H2,1H3,(H,26,28)(H,27,31)/t16-/m0/s1. The first kappa shape index (κ1) is 23.3. The molecule has 8 nitrogen and oxygen atoms in total. The molecule has 0 unspecified atom stereocenters. The van der Waals surface area contributed by atoms with E-state index in [1.165, 1.54) is 17.4 Å². The summed E-state index contributed by atoms with van der Waals surface area (Å²) in [7, 11) is -3.68. The maximum Gasteiger partial charge on any atom is 0.263 e. The van der Waals surface area contributed by atoms with Crippen molar-refractivity contribution in [3.63, 3.8) is 0 Å². The largest absolute Gasteiger partial charge is 0.371 e. The zero-order valence-electron chi connectivity index (χ0n) is 18.9. The second kappa shape index (κ2) is 9.31. The van der Waals surface area contributed by atoms with Gasteiger partial charge in [0.15, 0.2) is 5.13 Å². The molecule has 5 rings (SSSR count). The van der Waals surface area contributed by atoms with E-state index in [-0.39, 0.29) is 16.6 Å². The summed E-state index contributed by atoms with van der Waals surface area (Å²) >= 11 is 1.22. The summed E-state index contributed by atoms with van der Waals surface area (Å²) in [6.07, 6.45) is 3.28. The third-order valence-electron chi connectivity index (χ3n) is 6.19. The molecule has 2 aromatic heterocycles. The van der Waals surface area contributed by atoms with Crippen molar-refractivity contribution >= 4 is 49.0 Å². The van der Waals surface area contributed by atoms with Crippen LogP contribution in [-0.2, 0) is 14.8 Å². The summed E-state index contributed by atoms with van der Waals surface area (Å²) in [4.78, 5) is 19.0. The molecular formula is C24H24FN5O3S2. The fourth-order valence-corrected chi connectivity index (χ4v) is 5.99. The molecule has 1 fully saturated rings. The fraction of sp³-hybridized carbons (Fsp3) is 0.250. The van der Waals surface area contributed by atoms with Gasteiger partial charge in [-0.1, -0.05) is 6.07 Å². The predicted octanol–water partition coefficient (Wildman–Crippen LogP) is 3.85. The van der Waals surface area contributed by atoms with E-state index in [2.05, 4.69) is 19.9 Å². The van der Waals surface area contributed by atoms with Gasteiger partial charge in [0.05, 0.1) is 10.4 Å². The molecule has 0 radical (unpaired) electrons. The van der Waals surface area contributed by atoms with Gasteiger partial charge in [-0.2, -0.15) is 0 Å². The van der Waals surface area contributed by atoms with E-state index < -0.39 is 16.1 Å². The van der Waals surface area contributed by atoms with Gasteiger partial charge in [-0.15, -0.1) is 11.3 Å². The average Bonchev–Trinajstić information content (AvgIpc) is 3.48. The number of aromatic nitrogens is 2. The number of nitrogens with one attached hydrogen (secondary N) is 2. The first-order chi connectivity index (χ1) is 16.8. The Balaban J connectivity index is 1.13. The van der Waals surface area contributed by atoms with Gasteiger partial charge in [-0.05, 0) is 49.4 Å². The maximum absolute atomic E-state index is 14.0. The van der Waals surface area contributed by atoms with Crippen LogP contribution in [0.25, 0.3) is 10.9 Å². The molecule has 1 atom stereocenters. The number of benzene rings is 2. The molecule has 2 N–H and O–H groups in total. The quantitative estimate of drug-likeness (QED) is 0.373. The number of fused-ring (bicyclic) bond motifs is 1. The molecule has 2 aromatic carbocycles. The van der Waals surface area contributed by atoms with Crippen molar-refractivity contribution in [2.75, 3.05) is 29.3 Å². The number of thiazole rings is 1. The van der Waals surface area contributed by atoms with Gasteiger partial charge in [0.1, 0.15) is 11.9 Å². The molecule has 1 aliphatic heterocycles. The van der Waals surface area contributed by atoms with Crippen LogP contribution in [0.5, 0.6) is 0 Å². The van der Waals surface area contributed by atoms with Gasteiger partial charge in [0.2, 0.25) is 5.91 Å². The van der Waals surface area contributed by atoms with Crippen molar-refractivity contribution in [3.05, 3.63) is 72.1 Å². The van der Waals surface area contributed by atoms with Crippen LogP contribution in [0.2, 0.25) is 0 Å². The van der Waals surface area contributed by atoms with E-state index >= 15 is 0 Å². The number of anilines is 2. The highest BCUT2D eigenvalue weighted by Gasteiger charge is 2.28. The second-order valence-corrected chi connectivity index (χ2v) is 11.1. The molecule has 3 heterocycles. The van der Waals surface area contributed by atoms with Crippen LogP contribution >= 0.6 is 11.3 Å².